The summed E-state index contributed by atoms with van der Waals surface area (Å²) in [5.74, 6) is 0.994. The Morgan fingerprint density at radius 3 is 2.95 bits per heavy atom. The summed E-state index contributed by atoms with van der Waals surface area (Å²) in [6.07, 6.45) is 3.72. The van der Waals surface area contributed by atoms with Crippen LogP contribution in [0.2, 0.25) is 0 Å². The van der Waals surface area contributed by atoms with E-state index in [4.69, 9.17) is 5.73 Å². The number of carbonyl (C=O) groups is 1. The molecule has 1 amide bonds. The van der Waals surface area contributed by atoms with Gasteiger partial charge in [-0.15, -0.1) is 12.4 Å². The smallest absolute Gasteiger partial charge is 0.243 e. The Morgan fingerprint density at radius 2 is 2.26 bits per heavy atom. The summed E-state index contributed by atoms with van der Waals surface area (Å²) in [5, 5.41) is 0. The van der Waals surface area contributed by atoms with Gasteiger partial charge in [0.25, 0.3) is 0 Å². The molecule has 0 spiro atoms. The molecule has 1 atom stereocenters. The molecule has 1 aliphatic rings. The third-order valence-electron chi connectivity index (χ3n) is 3.35. The van der Waals surface area contributed by atoms with Crippen molar-refractivity contribution >= 4 is 35.8 Å². The van der Waals surface area contributed by atoms with Gasteiger partial charge in [-0.25, -0.2) is 0 Å². The van der Waals surface area contributed by atoms with Crippen molar-refractivity contribution in [3.05, 3.63) is 29.3 Å². The number of hydrogen-bond donors (Lipinski definition) is 1. The molecule has 1 heterocycles. The largest absolute Gasteiger partial charge is 0.320 e. The SMILES string of the molecule is CSCC[C@H](N)C(=O)N1CCc2cc(C)ccc21.Cl. The average molecular weight is 301 g/mol. The monoisotopic (exact) mass is 300 g/mol. The maximum absolute atomic E-state index is 12.3. The van der Waals surface area contributed by atoms with Gasteiger partial charge >= 0.3 is 0 Å². The molecule has 2 N–H and O–H groups in total. The van der Waals surface area contributed by atoms with Gasteiger partial charge in [0.2, 0.25) is 5.91 Å². The highest BCUT2D eigenvalue weighted by atomic mass is 35.5. The summed E-state index contributed by atoms with van der Waals surface area (Å²) < 4.78 is 0. The summed E-state index contributed by atoms with van der Waals surface area (Å²) in [6, 6.07) is 5.88. The summed E-state index contributed by atoms with van der Waals surface area (Å²) in [5.41, 5.74) is 9.52. The normalized spacial score (nSPS) is 14.8. The summed E-state index contributed by atoms with van der Waals surface area (Å²) in [7, 11) is 0. The number of fused-ring (bicyclic) bond motifs is 1. The lowest BCUT2D eigenvalue weighted by atomic mass is 10.1. The number of rotatable bonds is 4. The Hall–Kier alpha value is -0.710. The number of hydrogen-bond acceptors (Lipinski definition) is 3. The van der Waals surface area contributed by atoms with E-state index in [-0.39, 0.29) is 24.4 Å². The van der Waals surface area contributed by atoms with Crippen LogP contribution in [-0.4, -0.2) is 30.5 Å². The van der Waals surface area contributed by atoms with Crippen LogP contribution < -0.4 is 10.6 Å². The predicted octanol–water partition coefficient (Wildman–Crippen LogP) is 2.39. The fourth-order valence-corrected chi connectivity index (χ4v) is 2.82. The number of halogens is 1. The molecule has 0 saturated heterocycles. The summed E-state index contributed by atoms with van der Waals surface area (Å²) >= 11 is 1.73. The average Bonchev–Trinajstić information content (AvgIpc) is 2.77. The Kier molecular flexibility index (Phi) is 6.17. The molecule has 0 aromatic heterocycles. The summed E-state index contributed by atoms with van der Waals surface area (Å²) in [4.78, 5) is 14.1. The molecule has 106 valence electrons. The first-order valence-corrected chi connectivity index (χ1v) is 7.68. The minimum Gasteiger partial charge on any atom is -0.320 e. The third kappa shape index (κ3) is 3.65. The van der Waals surface area contributed by atoms with E-state index in [9.17, 15) is 4.79 Å². The summed E-state index contributed by atoms with van der Waals surface area (Å²) in [6.45, 7) is 2.85. The van der Waals surface area contributed by atoms with Crippen molar-refractivity contribution in [3.8, 4) is 0 Å². The fraction of sp³-hybridized carbons (Fsp3) is 0.500. The van der Waals surface area contributed by atoms with Gasteiger partial charge in [-0.1, -0.05) is 17.7 Å². The second kappa shape index (κ2) is 7.17. The number of carbonyl (C=O) groups excluding carboxylic acids is 1. The molecule has 0 bridgehead atoms. The van der Waals surface area contributed by atoms with Crippen LogP contribution in [0.4, 0.5) is 5.69 Å². The van der Waals surface area contributed by atoms with Crippen molar-refractivity contribution in [2.24, 2.45) is 5.73 Å². The van der Waals surface area contributed by atoms with Crippen molar-refractivity contribution in [2.45, 2.75) is 25.8 Å². The minimum absolute atomic E-state index is 0. The molecule has 0 aliphatic carbocycles. The lowest BCUT2D eigenvalue weighted by Gasteiger charge is -2.21. The molecule has 5 heteroatoms. The molecular weight excluding hydrogens is 280 g/mol. The van der Waals surface area contributed by atoms with Crippen molar-refractivity contribution in [1.29, 1.82) is 0 Å². The van der Waals surface area contributed by atoms with Gasteiger partial charge in [-0.3, -0.25) is 4.79 Å². The van der Waals surface area contributed by atoms with E-state index in [1.165, 1.54) is 11.1 Å². The van der Waals surface area contributed by atoms with Crippen LogP contribution >= 0.6 is 24.2 Å². The zero-order valence-corrected chi connectivity index (χ0v) is 13.0. The first-order valence-electron chi connectivity index (χ1n) is 6.29. The van der Waals surface area contributed by atoms with Crippen LogP contribution in [-0.2, 0) is 11.2 Å². The van der Waals surface area contributed by atoms with Crippen LogP contribution in [0.5, 0.6) is 0 Å². The van der Waals surface area contributed by atoms with Crippen LogP contribution in [0.3, 0.4) is 0 Å². The van der Waals surface area contributed by atoms with Gasteiger partial charge in [-0.2, -0.15) is 11.8 Å². The Balaban J connectivity index is 0.00000180. The molecule has 1 aromatic carbocycles. The number of thioether (sulfide) groups is 1. The molecule has 1 aliphatic heterocycles. The Bertz CT molecular complexity index is 453. The quantitative estimate of drug-likeness (QED) is 0.929. The number of anilines is 1. The highest BCUT2D eigenvalue weighted by Crippen LogP contribution is 2.29. The highest BCUT2D eigenvalue weighted by Gasteiger charge is 2.27. The molecule has 2 rings (SSSR count). The number of nitrogens with zero attached hydrogens (tertiary/aromatic N) is 1. The van der Waals surface area contributed by atoms with Gasteiger partial charge in [0, 0.05) is 12.2 Å². The van der Waals surface area contributed by atoms with E-state index in [2.05, 4.69) is 19.1 Å². The van der Waals surface area contributed by atoms with E-state index in [1.54, 1.807) is 11.8 Å². The van der Waals surface area contributed by atoms with Gasteiger partial charge < -0.3 is 10.6 Å². The zero-order valence-electron chi connectivity index (χ0n) is 11.4. The van der Waals surface area contributed by atoms with Crippen LogP contribution in [0, 0.1) is 6.92 Å². The molecule has 0 unspecified atom stereocenters. The molecule has 0 fully saturated rings. The first kappa shape index (κ1) is 16.3. The van der Waals surface area contributed by atoms with Crippen molar-refractivity contribution in [3.63, 3.8) is 0 Å². The highest BCUT2D eigenvalue weighted by molar-refractivity contribution is 7.98. The zero-order chi connectivity index (χ0) is 13.1. The first-order chi connectivity index (χ1) is 8.63. The van der Waals surface area contributed by atoms with Crippen LogP contribution in [0.1, 0.15) is 17.5 Å². The third-order valence-corrected chi connectivity index (χ3v) is 3.99. The predicted molar refractivity (Wildman–Crippen MR) is 85.5 cm³/mol. The fourth-order valence-electron chi connectivity index (χ4n) is 2.33. The molecule has 0 saturated carbocycles. The lowest BCUT2D eigenvalue weighted by molar-refractivity contribution is -0.119. The van der Waals surface area contributed by atoms with Crippen molar-refractivity contribution in [2.75, 3.05) is 23.5 Å². The lowest BCUT2D eigenvalue weighted by Crippen LogP contribution is -2.43. The Labute approximate surface area is 125 Å². The number of benzene rings is 1. The molecule has 19 heavy (non-hydrogen) atoms. The van der Waals surface area contributed by atoms with E-state index in [0.717, 1.165) is 30.8 Å². The van der Waals surface area contributed by atoms with Crippen molar-refractivity contribution < 1.29 is 4.79 Å². The van der Waals surface area contributed by atoms with Crippen molar-refractivity contribution in [1.82, 2.24) is 0 Å². The van der Waals surface area contributed by atoms with E-state index >= 15 is 0 Å². The second-order valence-corrected chi connectivity index (χ2v) is 5.75. The van der Waals surface area contributed by atoms with Gasteiger partial charge in [0.15, 0.2) is 0 Å². The van der Waals surface area contributed by atoms with Gasteiger partial charge in [0.05, 0.1) is 6.04 Å². The van der Waals surface area contributed by atoms with E-state index < -0.39 is 0 Å². The van der Waals surface area contributed by atoms with E-state index in [0.29, 0.717) is 0 Å². The molecule has 3 nitrogen and oxygen atoms in total. The molecule has 0 radical (unpaired) electrons. The van der Waals surface area contributed by atoms with E-state index in [1.807, 2.05) is 17.2 Å². The maximum atomic E-state index is 12.3. The maximum Gasteiger partial charge on any atom is 0.243 e. The number of amides is 1. The standard InChI is InChI=1S/C14H20N2OS.ClH/c1-10-3-4-13-11(9-10)5-7-16(13)14(17)12(15)6-8-18-2;/h3-4,9,12H,5-8,15H2,1-2H3;1H/t12-;/m0./s1. The minimum atomic E-state index is -0.371. The number of aryl methyl sites for hydroxylation is 1. The van der Waals surface area contributed by atoms with Gasteiger partial charge in [0.1, 0.15) is 0 Å². The topological polar surface area (TPSA) is 46.3 Å². The van der Waals surface area contributed by atoms with Gasteiger partial charge in [-0.05, 0) is 43.4 Å². The molecular formula is C14H21ClN2OS. The molecule has 1 aromatic rings. The Morgan fingerprint density at radius 1 is 1.53 bits per heavy atom. The number of nitrogens with two attached hydrogens (primary N) is 1. The van der Waals surface area contributed by atoms with Crippen LogP contribution in [0.15, 0.2) is 18.2 Å². The van der Waals surface area contributed by atoms with Crippen LogP contribution in [0.25, 0.3) is 0 Å². The second-order valence-electron chi connectivity index (χ2n) is 4.76.